The number of nitrogens with two attached hydrogens (primary N) is 1. The zero-order chi connectivity index (χ0) is 13.5. The third kappa shape index (κ3) is 1.78. The molecule has 5 nitrogen and oxygen atoms in total. The number of nitrogens with zero attached hydrogens (tertiary/aromatic N) is 1. The van der Waals surface area contributed by atoms with Gasteiger partial charge in [0, 0.05) is 6.07 Å². The van der Waals surface area contributed by atoms with Crippen LogP contribution in [0, 0.1) is 4.77 Å². The number of aromatic nitrogens is 2. The summed E-state index contributed by atoms with van der Waals surface area (Å²) in [6.45, 7) is 3.47. The van der Waals surface area contributed by atoms with Gasteiger partial charge in [0.2, 0.25) is 5.91 Å². The Bertz CT molecular complexity index is 670. The van der Waals surface area contributed by atoms with Crippen LogP contribution < -0.4 is 10.5 Å². The van der Waals surface area contributed by atoms with Gasteiger partial charge >= 0.3 is 0 Å². The molecule has 0 spiro atoms. The second-order valence-corrected chi connectivity index (χ2v) is 4.96. The number of methoxy groups -OCH3 is 1. The monoisotopic (exact) mass is 265 g/mol. The molecule has 0 aliphatic rings. The van der Waals surface area contributed by atoms with E-state index in [1.54, 1.807) is 25.5 Å². The van der Waals surface area contributed by atoms with Crippen molar-refractivity contribution < 1.29 is 9.53 Å². The fourth-order valence-corrected chi connectivity index (χ4v) is 2.31. The van der Waals surface area contributed by atoms with Crippen LogP contribution in [0.25, 0.3) is 11.0 Å². The molecule has 0 fully saturated rings. The minimum atomic E-state index is -0.901. The summed E-state index contributed by atoms with van der Waals surface area (Å²) in [5.74, 6) is 0.257. The highest BCUT2D eigenvalue weighted by Crippen LogP contribution is 2.26. The van der Waals surface area contributed by atoms with Gasteiger partial charge in [-0.25, -0.2) is 0 Å². The molecule has 0 unspecified atom stereocenters. The van der Waals surface area contributed by atoms with Crippen molar-refractivity contribution in [3.63, 3.8) is 0 Å². The highest BCUT2D eigenvalue weighted by molar-refractivity contribution is 7.71. The molecular formula is C12H15N3O2S. The molecule has 3 N–H and O–H groups in total. The lowest BCUT2D eigenvalue weighted by atomic mass is 10.0. The van der Waals surface area contributed by atoms with Gasteiger partial charge in [-0.15, -0.1) is 0 Å². The molecule has 0 saturated heterocycles. The van der Waals surface area contributed by atoms with Crippen molar-refractivity contribution in [3.8, 4) is 5.75 Å². The minimum absolute atomic E-state index is 0.442. The molecule has 0 saturated carbocycles. The molecule has 0 bridgehead atoms. The summed E-state index contributed by atoms with van der Waals surface area (Å²) in [6, 6.07) is 5.51. The zero-order valence-electron chi connectivity index (χ0n) is 10.5. The first-order valence-electron chi connectivity index (χ1n) is 5.47. The maximum atomic E-state index is 11.6. The number of hydrogen-bond donors (Lipinski definition) is 2. The third-order valence-corrected chi connectivity index (χ3v) is 3.34. The van der Waals surface area contributed by atoms with Gasteiger partial charge in [-0.05, 0) is 38.2 Å². The lowest BCUT2D eigenvalue weighted by Crippen LogP contribution is -2.41. The number of ether oxygens (including phenoxy) is 1. The van der Waals surface area contributed by atoms with E-state index < -0.39 is 11.4 Å². The highest BCUT2D eigenvalue weighted by atomic mass is 32.1. The average molecular weight is 265 g/mol. The van der Waals surface area contributed by atoms with E-state index in [4.69, 9.17) is 22.7 Å². The summed E-state index contributed by atoms with van der Waals surface area (Å²) < 4.78 is 7.35. The van der Waals surface area contributed by atoms with E-state index in [0.29, 0.717) is 10.5 Å². The van der Waals surface area contributed by atoms with Gasteiger partial charge < -0.3 is 20.0 Å². The lowest BCUT2D eigenvalue weighted by molar-refractivity contribution is -0.124. The van der Waals surface area contributed by atoms with E-state index in [-0.39, 0.29) is 0 Å². The predicted molar refractivity (Wildman–Crippen MR) is 72.2 cm³/mol. The Morgan fingerprint density at radius 3 is 2.72 bits per heavy atom. The van der Waals surface area contributed by atoms with E-state index in [0.717, 1.165) is 11.0 Å². The highest BCUT2D eigenvalue weighted by Gasteiger charge is 2.29. The second kappa shape index (κ2) is 4.13. The molecule has 6 heteroatoms. The Balaban J connectivity index is 2.81. The van der Waals surface area contributed by atoms with Crippen molar-refractivity contribution in [2.24, 2.45) is 5.73 Å². The Morgan fingerprint density at radius 2 is 2.17 bits per heavy atom. The van der Waals surface area contributed by atoms with Crippen LogP contribution in [0.4, 0.5) is 0 Å². The van der Waals surface area contributed by atoms with Crippen molar-refractivity contribution in [1.29, 1.82) is 0 Å². The van der Waals surface area contributed by atoms with Crippen LogP contribution in [0.5, 0.6) is 5.75 Å². The summed E-state index contributed by atoms with van der Waals surface area (Å²) in [5, 5.41) is 0. The zero-order valence-corrected chi connectivity index (χ0v) is 11.3. The molecule has 1 amide bonds. The number of aromatic amines is 1. The summed E-state index contributed by atoms with van der Waals surface area (Å²) >= 11 is 5.26. The molecule has 0 atom stereocenters. The molecule has 2 aromatic rings. The number of imidazole rings is 1. The number of H-pyrrole nitrogens is 1. The first kappa shape index (κ1) is 12.6. The fourth-order valence-electron chi connectivity index (χ4n) is 1.87. The minimum Gasteiger partial charge on any atom is -0.497 e. The Kier molecular flexibility index (Phi) is 2.90. The average Bonchev–Trinajstić information content (AvgIpc) is 2.63. The Labute approximate surface area is 110 Å². The smallest absolute Gasteiger partial charge is 0.243 e. The molecule has 96 valence electrons. The summed E-state index contributed by atoms with van der Waals surface area (Å²) in [5.41, 5.74) is 6.18. The standard InChI is InChI=1S/C12H15N3O2S/c1-12(2,10(13)16)15-9-6-7(17-3)4-5-8(9)14-11(15)18/h4-6H,1-3H3,(H2,13,16)(H,14,18). The summed E-state index contributed by atoms with van der Waals surface area (Å²) in [6.07, 6.45) is 0. The van der Waals surface area contributed by atoms with Gasteiger partial charge in [-0.1, -0.05) is 0 Å². The topological polar surface area (TPSA) is 73.0 Å². The molecule has 18 heavy (non-hydrogen) atoms. The third-order valence-electron chi connectivity index (χ3n) is 3.05. The lowest BCUT2D eigenvalue weighted by Gasteiger charge is -2.23. The largest absolute Gasteiger partial charge is 0.497 e. The van der Waals surface area contributed by atoms with Crippen molar-refractivity contribution in [2.45, 2.75) is 19.4 Å². The first-order chi connectivity index (χ1) is 8.37. The van der Waals surface area contributed by atoms with Crippen LogP contribution in [0.3, 0.4) is 0 Å². The number of nitrogens with one attached hydrogen (secondary N) is 1. The van der Waals surface area contributed by atoms with Gasteiger partial charge in [0.05, 0.1) is 18.1 Å². The molecule has 2 rings (SSSR count). The number of carbonyl (C=O) groups is 1. The second-order valence-electron chi connectivity index (χ2n) is 4.57. The Hall–Kier alpha value is -1.82. The van der Waals surface area contributed by atoms with Crippen LogP contribution in [0.2, 0.25) is 0 Å². The van der Waals surface area contributed by atoms with Crippen LogP contribution >= 0.6 is 12.2 Å². The molecule has 1 heterocycles. The number of fused-ring (bicyclic) bond motifs is 1. The number of amides is 1. The van der Waals surface area contributed by atoms with E-state index in [1.807, 2.05) is 18.2 Å². The number of hydrogen-bond acceptors (Lipinski definition) is 3. The normalized spacial score (nSPS) is 11.7. The molecular weight excluding hydrogens is 250 g/mol. The first-order valence-corrected chi connectivity index (χ1v) is 5.88. The van der Waals surface area contributed by atoms with E-state index in [2.05, 4.69) is 4.98 Å². The summed E-state index contributed by atoms with van der Waals surface area (Å²) in [4.78, 5) is 14.6. The molecule has 0 radical (unpaired) electrons. The number of benzene rings is 1. The fraction of sp³-hybridized carbons (Fsp3) is 0.333. The quantitative estimate of drug-likeness (QED) is 0.833. The van der Waals surface area contributed by atoms with Gasteiger partial charge in [0.15, 0.2) is 4.77 Å². The van der Waals surface area contributed by atoms with Crippen molar-refractivity contribution in [2.75, 3.05) is 7.11 Å². The molecule has 0 aliphatic carbocycles. The number of rotatable bonds is 3. The van der Waals surface area contributed by atoms with Gasteiger partial charge in [0.1, 0.15) is 11.3 Å². The van der Waals surface area contributed by atoms with Crippen molar-refractivity contribution >= 4 is 29.2 Å². The van der Waals surface area contributed by atoms with E-state index in [9.17, 15) is 4.79 Å². The van der Waals surface area contributed by atoms with Crippen LogP contribution in [0.15, 0.2) is 18.2 Å². The van der Waals surface area contributed by atoms with E-state index >= 15 is 0 Å². The van der Waals surface area contributed by atoms with Crippen LogP contribution in [-0.4, -0.2) is 22.6 Å². The van der Waals surface area contributed by atoms with Crippen LogP contribution in [-0.2, 0) is 10.3 Å². The summed E-state index contributed by atoms with van der Waals surface area (Å²) in [7, 11) is 1.59. The molecule has 1 aromatic carbocycles. The van der Waals surface area contributed by atoms with Gasteiger partial charge in [0.25, 0.3) is 0 Å². The van der Waals surface area contributed by atoms with E-state index in [1.165, 1.54) is 0 Å². The number of carbonyl (C=O) groups excluding carboxylic acids is 1. The maximum absolute atomic E-state index is 11.6. The number of primary amides is 1. The van der Waals surface area contributed by atoms with Crippen molar-refractivity contribution in [1.82, 2.24) is 9.55 Å². The SMILES string of the molecule is COc1ccc2[nH]c(=S)n(C(C)(C)C(N)=O)c2c1. The molecule has 0 aliphatic heterocycles. The van der Waals surface area contributed by atoms with Crippen LogP contribution in [0.1, 0.15) is 13.8 Å². The molecule has 1 aromatic heterocycles. The predicted octanol–water partition coefficient (Wildman–Crippen LogP) is 1.93. The Morgan fingerprint density at radius 1 is 1.50 bits per heavy atom. The van der Waals surface area contributed by atoms with Crippen molar-refractivity contribution in [3.05, 3.63) is 23.0 Å². The maximum Gasteiger partial charge on any atom is 0.243 e. The van der Waals surface area contributed by atoms with Gasteiger partial charge in [-0.2, -0.15) is 0 Å². The van der Waals surface area contributed by atoms with Gasteiger partial charge in [-0.3, -0.25) is 4.79 Å².